The fourth-order valence-corrected chi connectivity index (χ4v) is 6.48. The summed E-state index contributed by atoms with van der Waals surface area (Å²) in [6.45, 7) is 2.19. The zero-order valence-electron chi connectivity index (χ0n) is 28.7. The average Bonchev–Trinajstić information content (AvgIpc) is 2.99. The number of nitrogens with zero attached hydrogens (tertiary/aromatic N) is 3. The molecule has 3 atom stereocenters. The summed E-state index contributed by atoms with van der Waals surface area (Å²) in [6.07, 6.45) is -11.3. The average molecular weight is 793 g/mol. The SMILES string of the molecule is CC(=O)NC(O)(O)C(O)(O)N(C1CCN(C(=O)N(C)C(C)c2c(O)c(C(F)F)c(O)c(C(F)(F)F)c2O)C(c2c(C)c(O)c(F)c(O)c2O)C1)C(C)(O)O. The molecule has 0 radical (unpaired) electrons. The van der Waals surface area contributed by atoms with Crippen LogP contribution in [0.4, 0.5) is 31.1 Å². The highest BCUT2D eigenvalue weighted by Crippen LogP contribution is 2.55. The van der Waals surface area contributed by atoms with Crippen LogP contribution in [0, 0.1) is 12.7 Å². The first-order chi connectivity index (χ1) is 24.3. The largest absolute Gasteiger partial charge is 0.507 e. The standard InChI is InChI=1S/C30H38F6N4O14/c1-9-14(23(46)24(47)18(31)19(9)42)13-8-12(40(27(4,49)50)30(53,54)29(51,52)37-11(3)41)6-7-39(13)26(48)38(5)10(2)15-20(43)16(25(32)33)22(45)17(21(15)44)28(34,35)36/h10,12-13,25,42-47,49-54H,6-8H2,1-5H3,(H,37,41). The van der Waals surface area contributed by atoms with Crippen molar-refractivity contribution < 1.29 is 97.2 Å². The number of halogens is 6. The molecule has 2 aromatic carbocycles. The van der Waals surface area contributed by atoms with E-state index in [0.29, 0.717) is 23.6 Å². The Labute approximate surface area is 300 Å². The molecule has 1 aliphatic heterocycles. The molecule has 54 heavy (non-hydrogen) atoms. The van der Waals surface area contributed by atoms with Crippen LogP contribution in [0.15, 0.2) is 0 Å². The Kier molecular flexibility index (Phi) is 11.7. The van der Waals surface area contributed by atoms with Crippen LogP contribution in [0.25, 0.3) is 0 Å². The van der Waals surface area contributed by atoms with Crippen molar-refractivity contribution in [1.29, 1.82) is 0 Å². The molecule has 3 unspecified atom stereocenters. The Morgan fingerprint density at radius 1 is 0.870 bits per heavy atom. The highest BCUT2D eigenvalue weighted by atomic mass is 19.4. The summed E-state index contributed by atoms with van der Waals surface area (Å²) in [5.74, 6) is -25.0. The van der Waals surface area contributed by atoms with Crippen LogP contribution in [0.1, 0.15) is 79.9 Å². The van der Waals surface area contributed by atoms with Gasteiger partial charge in [-0.2, -0.15) is 22.5 Å². The third-order valence-corrected chi connectivity index (χ3v) is 9.08. The third-order valence-electron chi connectivity index (χ3n) is 9.08. The zero-order chi connectivity index (χ0) is 42.0. The van der Waals surface area contributed by atoms with Crippen molar-refractivity contribution in [2.75, 3.05) is 13.6 Å². The second-order valence-electron chi connectivity index (χ2n) is 12.7. The number of phenols is 6. The summed E-state index contributed by atoms with van der Waals surface area (Å²) in [7, 11) is 0.820. The minimum Gasteiger partial charge on any atom is -0.507 e. The molecule has 0 aliphatic carbocycles. The molecule has 24 heteroatoms. The van der Waals surface area contributed by atoms with Gasteiger partial charge in [0.1, 0.15) is 28.4 Å². The number of rotatable bonds is 9. The lowest BCUT2D eigenvalue weighted by atomic mass is 9.86. The minimum atomic E-state index is -5.69. The number of aliphatic hydroxyl groups is 6. The van der Waals surface area contributed by atoms with Crippen LogP contribution < -0.4 is 5.32 Å². The van der Waals surface area contributed by atoms with E-state index in [9.17, 15) is 97.2 Å². The molecule has 0 bridgehead atoms. The second-order valence-corrected chi connectivity index (χ2v) is 12.7. The molecule has 2 aromatic rings. The number of nitrogens with one attached hydrogen (secondary N) is 1. The molecule has 1 heterocycles. The number of piperidine rings is 1. The van der Waals surface area contributed by atoms with E-state index in [1.807, 2.05) is 0 Å². The summed E-state index contributed by atoms with van der Waals surface area (Å²) < 4.78 is 83.7. The zero-order valence-corrected chi connectivity index (χ0v) is 28.7. The Morgan fingerprint density at radius 3 is 1.85 bits per heavy atom. The van der Waals surface area contributed by atoms with Crippen molar-refractivity contribution in [2.45, 2.75) is 89.0 Å². The summed E-state index contributed by atoms with van der Waals surface area (Å²) in [5.41, 5.74) is -6.99. The van der Waals surface area contributed by atoms with E-state index in [0.717, 1.165) is 20.9 Å². The number of likely N-dealkylation sites (tertiary alicyclic amines) is 1. The molecule has 3 amide bonds. The molecular weight excluding hydrogens is 754 g/mol. The maximum atomic E-state index is 14.6. The molecular formula is C30H38F6N4O14. The molecule has 18 nitrogen and oxygen atoms in total. The minimum absolute atomic E-state index is 0.177. The van der Waals surface area contributed by atoms with Crippen LogP contribution in [-0.4, -0.2) is 125 Å². The number of phenolic OH excluding ortho intramolecular Hbond substituents is 6. The van der Waals surface area contributed by atoms with Gasteiger partial charge >= 0.3 is 24.0 Å². The fraction of sp³-hybridized carbons (Fsp3) is 0.533. The number of aromatic hydroxyl groups is 6. The van der Waals surface area contributed by atoms with Crippen molar-refractivity contribution >= 4 is 11.9 Å². The van der Waals surface area contributed by atoms with Gasteiger partial charge < -0.3 is 71.1 Å². The number of urea groups is 1. The van der Waals surface area contributed by atoms with Gasteiger partial charge in [-0.15, -0.1) is 0 Å². The Morgan fingerprint density at radius 2 is 1.39 bits per heavy atom. The van der Waals surface area contributed by atoms with Crippen LogP contribution in [0.2, 0.25) is 0 Å². The van der Waals surface area contributed by atoms with Gasteiger partial charge in [0.15, 0.2) is 17.2 Å². The predicted octanol–water partition coefficient (Wildman–Crippen LogP) is 1.02. The summed E-state index contributed by atoms with van der Waals surface area (Å²) >= 11 is 0. The van der Waals surface area contributed by atoms with Gasteiger partial charge in [0.05, 0.1) is 17.6 Å². The highest BCUT2D eigenvalue weighted by molar-refractivity contribution is 5.77. The first kappa shape index (κ1) is 43.7. The monoisotopic (exact) mass is 792 g/mol. The van der Waals surface area contributed by atoms with Crippen molar-refractivity contribution in [1.82, 2.24) is 20.0 Å². The number of benzene rings is 2. The van der Waals surface area contributed by atoms with E-state index in [4.69, 9.17) is 0 Å². The van der Waals surface area contributed by atoms with E-state index in [1.54, 1.807) is 0 Å². The second kappa shape index (κ2) is 14.5. The van der Waals surface area contributed by atoms with E-state index in [-0.39, 0.29) is 4.90 Å². The lowest BCUT2D eigenvalue weighted by molar-refractivity contribution is -0.475. The van der Waals surface area contributed by atoms with Crippen LogP contribution in [0.3, 0.4) is 0 Å². The quantitative estimate of drug-likeness (QED) is 0.0730. The molecule has 0 aromatic heterocycles. The summed E-state index contributed by atoms with van der Waals surface area (Å²) in [5, 5.41) is 128. The number of carbonyl (C=O) groups excluding carboxylic acids is 2. The molecule has 1 saturated heterocycles. The topological polar surface area (TPSA) is 299 Å². The molecule has 1 aliphatic rings. The van der Waals surface area contributed by atoms with E-state index >= 15 is 0 Å². The van der Waals surface area contributed by atoms with Gasteiger partial charge in [-0.1, -0.05) is 0 Å². The Balaban J connectivity index is 2.27. The predicted molar refractivity (Wildman–Crippen MR) is 164 cm³/mol. The van der Waals surface area contributed by atoms with Gasteiger partial charge in [-0.05, 0) is 26.7 Å². The van der Waals surface area contributed by atoms with E-state index in [1.165, 1.54) is 5.32 Å². The Bertz CT molecular complexity index is 1770. The van der Waals surface area contributed by atoms with E-state index < -0.39 is 148 Å². The van der Waals surface area contributed by atoms with Crippen molar-refractivity contribution in [3.8, 4) is 34.5 Å². The summed E-state index contributed by atoms with van der Waals surface area (Å²) in [6, 6.07) is -7.13. The van der Waals surface area contributed by atoms with Gasteiger partial charge in [-0.25, -0.2) is 13.6 Å². The third kappa shape index (κ3) is 7.49. The number of carbonyl (C=O) groups is 2. The van der Waals surface area contributed by atoms with E-state index in [2.05, 4.69) is 0 Å². The van der Waals surface area contributed by atoms with Crippen molar-refractivity contribution in [2.24, 2.45) is 0 Å². The fourth-order valence-electron chi connectivity index (χ4n) is 6.48. The molecule has 1 fully saturated rings. The van der Waals surface area contributed by atoms with Gasteiger partial charge in [-0.3, -0.25) is 10.1 Å². The maximum Gasteiger partial charge on any atom is 0.423 e. The van der Waals surface area contributed by atoms with Gasteiger partial charge in [0, 0.05) is 44.6 Å². The highest BCUT2D eigenvalue weighted by Gasteiger charge is 2.61. The van der Waals surface area contributed by atoms with Crippen LogP contribution in [-0.2, 0) is 11.0 Å². The number of hydrogen-bond donors (Lipinski definition) is 13. The molecule has 0 saturated carbocycles. The van der Waals surface area contributed by atoms with Crippen molar-refractivity contribution in [3.05, 3.63) is 33.6 Å². The normalized spacial score (nSPS) is 17.9. The van der Waals surface area contributed by atoms with Gasteiger partial charge in [0.2, 0.25) is 17.6 Å². The van der Waals surface area contributed by atoms with Crippen LogP contribution in [0.5, 0.6) is 34.5 Å². The first-order valence-electron chi connectivity index (χ1n) is 15.4. The smallest absolute Gasteiger partial charge is 0.423 e. The van der Waals surface area contributed by atoms with Gasteiger partial charge in [0.25, 0.3) is 6.43 Å². The maximum absolute atomic E-state index is 14.6. The molecule has 3 rings (SSSR count). The molecule has 304 valence electrons. The molecule has 0 spiro atoms. The Hall–Kier alpha value is -4.72. The summed E-state index contributed by atoms with van der Waals surface area (Å²) in [4.78, 5) is 26.7. The number of hydrogen-bond acceptors (Lipinski definition) is 15. The molecule has 13 N–H and O–H groups in total. The lowest BCUT2D eigenvalue weighted by Crippen LogP contribution is -2.77. The first-order valence-corrected chi connectivity index (χ1v) is 15.4. The van der Waals surface area contributed by atoms with Crippen molar-refractivity contribution in [3.63, 3.8) is 0 Å². The van der Waals surface area contributed by atoms with Crippen LogP contribution >= 0.6 is 0 Å². The number of alkyl halides is 5. The lowest BCUT2D eigenvalue weighted by Gasteiger charge is -2.52. The number of amides is 3.